The highest BCUT2D eigenvalue weighted by atomic mass is 16.3. The lowest BCUT2D eigenvalue weighted by Crippen LogP contribution is -2.24. The fourth-order valence-electron chi connectivity index (χ4n) is 5.31. The van der Waals surface area contributed by atoms with E-state index in [1.54, 1.807) is 31.1 Å². The van der Waals surface area contributed by atoms with Gasteiger partial charge >= 0.3 is 0 Å². The number of hydrogen-bond donors (Lipinski definition) is 3. The van der Waals surface area contributed by atoms with Crippen molar-refractivity contribution in [1.82, 2.24) is 30.1 Å². The zero-order chi connectivity index (χ0) is 25.5. The number of H-pyrrole nitrogens is 2. The maximum atomic E-state index is 12.8. The molecule has 6 aromatic rings. The molecule has 5 aromatic heterocycles. The molecule has 0 spiro atoms. The summed E-state index contributed by atoms with van der Waals surface area (Å²) in [6, 6.07) is 11.8. The number of nitrogens with zero attached hydrogens (tertiary/aromatic N) is 4. The predicted molar refractivity (Wildman–Crippen MR) is 145 cm³/mol. The number of carbonyl (C=O) groups is 1. The van der Waals surface area contributed by atoms with Gasteiger partial charge in [0, 0.05) is 34.8 Å². The fraction of sp³-hybridized carbons (Fsp3) is 0.207. The highest BCUT2D eigenvalue weighted by molar-refractivity contribution is 5.98. The average Bonchev–Trinajstić information content (AvgIpc) is 3.73. The molecule has 9 heteroatoms. The number of rotatable bonds is 5. The van der Waals surface area contributed by atoms with Gasteiger partial charge in [0.25, 0.3) is 0 Å². The molecule has 38 heavy (non-hydrogen) atoms. The standard InChI is InChI=1S/C29H25N7O2/c37-29(17-4-2-1-3-5-17)32-21-12-20(14-30-15-21)18-6-7-23-22(13-18)26(36-35-23)28-33-24-8-10-31-25(27(24)34-28)19-9-11-38-16-19/h6-17H,1-5H2,(H,32,37)(H,33,34)(H,35,36). The third kappa shape index (κ3) is 4.02. The molecule has 9 nitrogen and oxygen atoms in total. The molecule has 7 rings (SSSR count). The molecule has 0 saturated heterocycles. The van der Waals surface area contributed by atoms with Gasteiger partial charge in [0.2, 0.25) is 5.91 Å². The molecule has 1 saturated carbocycles. The summed E-state index contributed by atoms with van der Waals surface area (Å²) in [5, 5.41) is 11.7. The van der Waals surface area contributed by atoms with E-state index in [1.807, 2.05) is 30.3 Å². The quantitative estimate of drug-likeness (QED) is 0.252. The number of furan rings is 1. The smallest absolute Gasteiger partial charge is 0.227 e. The lowest BCUT2D eigenvalue weighted by Gasteiger charge is -2.20. The van der Waals surface area contributed by atoms with Gasteiger partial charge in [0.05, 0.1) is 35.4 Å². The number of pyridine rings is 2. The summed E-state index contributed by atoms with van der Waals surface area (Å²) < 4.78 is 5.25. The number of nitrogens with one attached hydrogen (secondary N) is 3. The zero-order valence-corrected chi connectivity index (χ0v) is 20.6. The van der Waals surface area contributed by atoms with Gasteiger partial charge in [-0.15, -0.1) is 0 Å². The van der Waals surface area contributed by atoms with Crippen LogP contribution in [0.1, 0.15) is 32.1 Å². The Morgan fingerprint density at radius 3 is 2.74 bits per heavy atom. The van der Waals surface area contributed by atoms with Gasteiger partial charge in [0.15, 0.2) is 5.82 Å². The van der Waals surface area contributed by atoms with Crippen molar-refractivity contribution in [3.63, 3.8) is 0 Å². The summed E-state index contributed by atoms with van der Waals surface area (Å²) in [5.74, 6) is 0.823. The topological polar surface area (TPSA) is 125 Å². The maximum absolute atomic E-state index is 12.8. The molecular formula is C29H25N7O2. The molecule has 188 valence electrons. The van der Waals surface area contributed by atoms with E-state index >= 15 is 0 Å². The van der Waals surface area contributed by atoms with Crippen molar-refractivity contribution < 1.29 is 9.21 Å². The summed E-state index contributed by atoms with van der Waals surface area (Å²) in [6.45, 7) is 0. The van der Waals surface area contributed by atoms with Gasteiger partial charge in [-0.3, -0.25) is 19.9 Å². The third-order valence-corrected chi connectivity index (χ3v) is 7.30. The number of imidazole rings is 1. The molecule has 0 aliphatic heterocycles. The Morgan fingerprint density at radius 2 is 1.87 bits per heavy atom. The van der Waals surface area contributed by atoms with Crippen molar-refractivity contribution >= 4 is 33.5 Å². The van der Waals surface area contributed by atoms with Gasteiger partial charge in [0.1, 0.15) is 16.9 Å². The predicted octanol–water partition coefficient (Wildman–Crippen LogP) is 6.34. The van der Waals surface area contributed by atoms with Crippen molar-refractivity contribution in [2.24, 2.45) is 5.92 Å². The summed E-state index contributed by atoms with van der Waals surface area (Å²) in [7, 11) is 0. The first-order valence-electron chi connectivity index (χ1n) is 12.8. The van der Waals surface area contributed by atoms with E-state index in [2.05, 4.69) is 36.5 Å². The average molecular weight is 504 g/mol. The van der Waals surface area contributed by atoms with Crippen molar-refractivity contribution in [2.75, 3.05) is 5.32 Å². The van der Waals surface area contributed by atoms with Crippen molar-refractivity contribution in [3.8, 4) is 33.9 Å². The van der Waals surface area contributed by atoms with Crippen LogP contribution in [0.5, 0.6) is 0 Å². The number of aromatic amines is 2. The van der Waals surface area contributed by atoms with Crippen LogP contribution in [0.3, 0.4) is 0 Å². The van der Waals surface area contributed by atoms with Crippen LogP contribution in [0.15, 0.2) is 71.9 Å². The summed E-state index contributed by atoms with van der Waals surface area (Å²) >= 11 is 0. The summed E-state index contributed by atoms with van der Waals surface area (Å²) in [6.07, 6.45) is 13.9. The first kappa shape index (κ1) is 22.4. The molecular weight excluding hydrogens is 478 g/mol. The van der Waals surface area contributed by atoms with E-state index in [9.17, 15) is 4.79 Å². The van der Waals surface area contributed by atoms with E-state index < -0.39 is 0 Å². The largest absolute Gasteiger partial charge is 0.472 e. The highest BCUT2D eigenvalue weighted by Gasteiger charge is 2.21. The van der Waals surface area contributed by atoms with Crippen LogP contribution in [0.2, 0.25) is 0 Å². The zero-order valence-electron chi connectivity index (χ0n) is 20.6. The molecule has 1 aliphatic carbocycles. The van der Waals surface area contributed by atoms with E-state index in [-0.39, 0.29) is 11.8 Å². The second kappa shape index (κ2) is 9.26. The normalized spacial score (nSPS) is 14.3. The van der Waals surface area contributed by atoms with Gasteiger partial charge in [-0.2, -0.15) is 5.10 Å². The van der Waals surface area contributed by atoms with Gasteiger partial charge in [-0.05, 0) is 48.7 Å². The number of anilines is 1. The van der Waals surface area contributed by atoms with Gasteiger partial charge in [-0.25, -0.2) is 4.98 Å². The Morgan fingerprint density at radius 1 is 0.947 bits per heavy atom. The van der Waals surface area contributed by atoms with Gasteiger partial charge in [-0.1, -0.05) is 25.3 Å². The van der Waals surface area contributed by atoms with Crippen molar-refractivity contribution in [1.29, 1.82) is 0 Å². The van der Waals surface area contributed by atoms with Crippen LogP contribution >= 0.6 is 0 Å². The first-order chi connectivity index (χ1) is 18.7. The SMILES string of the molecule is O=C(Nc1cncc(-c2ccc3[nH]nc(-c4nc5c(-c6ccoc6)nccc5[nH]4)c3c2)c1)C1CCCCC1. The molecule has 1 aliphatic rings. The minimum absolute atomic E-state index is 0.0882. The molecule has 1 aromatic carbocycles. The number of fused-ring (bicyclic) bond motifs is 2. The first-order valence-corrected chi connectivity index (χ1v) is 12.8. The molecule has 0 radical (unpaired) electrons. The van der Waals surface area contributed by atoms with Crippen LogP contribution in [-0.2, 0) is 4.79 Å². The van der Waals surface area contributed by atoms with E-state index in [1.165, 1.54) is 6.42 Å². The minimum atomic E-state index is 0.0882. The molecule has 0 unspecified atom stereocenters. The Labute approximate surface area is 217 Å². The number of carbonyl (C=O) groups excluding carboxylic acids is 1. The van der Waals surface area contributed by atoms with Crippen LogP contribution in [0.25, 0.3) is 55.8 Å². The second-order valence-corrected chi connectivity index (χ2v) is 9.77. The third-order valence-electron chi connectivity index (χ3n) is 7.30. The summed E-state index contributed by atoms with van der Waals surface area (Å²) in [4.78, 5) is 29.9. The van der Waals surface area contributed by atoms with E-state index in [4.69, 9.17) is 9.40 Å². The van der Waals surface area contributed by atoms with Crippen LogP contribution in [0.4, 0.5) is 5.69 Å². The Kier molecular flexibility index (Phi) is 5.46. The molecule has 3 N–H and O–H groups in total. The number of benzene rings is 1. The van der Waals surface area contributed by atoms with Crippen LogP contribution in [-0.4, -0.2) is 36.0 Å². The molecule has 0 bridgehead atoms. The van der Waals surface area contributed by atoms with E-state index in [0.29, 0.717) is 17.2 Å². The molecule has 1 fully saturated rings. The Balaban J connectivity index is 1.23. The number of hydrogen-bond acceptors (Lipinski definition) is 6. The lowest BCUT2D eigenvalue weighted by molar-refractivity contribution is -0.120. The van der Waals surface area contributed by atoms with E-state index in [0.717, 1.165) is 70.0 Å². The summed E-state index contributed by atoms with van der Waals surface area (Å²) in [5.41, 5.74) is 7.43. The van der Waals surface area contributed by atoms with Gasteiger partial charge < -0.3 is 14.7 Å². The van der Waals surface area contributed by atoms with Crippen molar-refractivity contribution in [2.45, 2.75) is 32.1 Å². The monoisotopic (exact) mass is 503 g/mol. The second-order valence-electron chi connectivity index (χ2n) is 9.77. The lowest BCUT2D eigenvalue weighted by atomic mass is 9.88. The molecule has 0 atom stereocenters. The molecule has 5 heterocycles. The molecule has 1 amide bonds. The number of aromatic nitrogens is 6. The Hall–Kier alpha value is -4.79. The maximum Gasteiger partial charge on any atom is 0.227 e. The fourth-order valence-corrected chi connectivity index (χ4v) is 5.31. The van der Waals surface area contributed by atoms with Crippen LogP contribution < -0.4 is 5.32 Å². The number of amides is 1. The van der Waals surface area contributed by atoms with Crippen LogP contribution in [0, 0.1) is 5.92 Å². The highest BCUT2D eigenvalue weighted by Crippen LogP contribution is 2.33. The minimum Gasteiger partial charge on any atom is -0.472 e. The Bertz CT molecular complexity index is 1760. The van der Waals surface area contributed by atoms with Crippen molar-refractivity contribution in [3.05, 3.63) is 67.5 Å².